The zero-order valence-electron chi connectivity index (χ0n) is 14.2. The van der Waals surface area contributed by atoms with Crippen molar-refractivity contribution >= 4 is 46.6 Å². The molecule has 0 atom stereocenters. The molecule has 136 valence electrons. The molecule has 2 aromatic rings. The summed E-state index contributed by atoms with van der Waals surface area (Å²) in [5.74, 6) is -1.01. The molecule has 2 aromatic carbocycles. The predicted octanol–water partition coefficient (Wildman–Crippen LogP) is 3.62. The SMILES string of the molecule is COC(=O)/C=C1/S/C(=N\N=Cc2ccc(-c3ccccc3Cl)cc2)NC1=O. The van der Waals surface area contributed by atoms with Crippen molar-refractivity contribution < 1.29 is 14.3 Å². The summed E-state index contributed by atoms with van der Waals surface area (Å²) in [5, 5.41) is 11.4. The molecule has 27 heavy (non-hydrogen) atoms. The zero-order valence-corrected chi connectivity index (χ0v) is 15.8. The maximum absolute atomic E-state index is 11.7. The molecule has 1 N–H and O–H groups in total. The minimum absolute atomic E-state index is 0.208. The molecule has 8 heteroatoms. The van der Waals surface area contributed by atoms with E-state index in [1.807, 2.05) is 48.5 Å². The molecule has 1 saturated heterocycles. The Morgan fingerprint density at radius 2 is 1.93 bits per heavy atom. The van der Waals surface area contributed by atoms with Crippen LogP contribution in [0.5, 0.6) is 0 Å². The molecule has 0 bridgehead atoms. The van der Waals surface area contributed by atoms with E-state index in [0.29, 0.717) is 10.2 Å². The van der Waals surface area contributed by atoms with Gasteiger partial charge in [-0.3, -0.25) is 10.1 Å². The molecule has 1 aliphatic rings. The van der Waals surface area contributed by atoms with E-state index in [2.05, 4.69) is 20.3 Å². The number of halogens is 1. The van der Waals surface area contributed by atoms with Crippen LogP contribution in [0.1, 0.15) is 5.56 Å². The van der Waals surface area contributed by atoms with Crippen molar-refractivity contribution in [1.29, 1.82) is 0 Å². The quantitative estimate of drug-likeness (QED) is 0.368. The summed E-state index contributed by atoms with van der Waals surface area (Å²) < 4.78 is 4.50. The van der Waals surface area contributed by atoms with E-state index in [0.717, 1.165) is 34.5 Å². The molecule has 1 amide bonds. The average Bonchev–Trinajstić information content (AvgIpc) is 3.02. The molecule has 0 aromatic heterocycles. The van der Waals surface area contributed by atoms with Crippen LogP contribution in [0.25, 0.3) is 11.1 Å². The third-order valence-corrected chi connectivity index (χ3v) is 4.78. The first-order chi connectivity index (χ1) is 13.1. The first-order valence-corrected chi connectivity index (χ1v) is 9.01. The van der Waals surface area contributed by atoms with Crippen LogP contribution < -0.4 is 5.32 Å². The summed E-state index contributed by atoms with van der Waals surface area (Å²) in [6, 6.07) is 15.3. The number of amides is 1. The molecule has 1 fully saturated rings. The lowest BCUT2D eigenvalue weighted by atomic mass is 10.0. The minimum atomic E-state index is -0.601. The Balaban J connectivity index is 1.68. The van der Waals surface area contributed by atoms with E-state index < -0.39 is 11.9 Å². The monoisotopic (exact) mass is 399 g/mol. The van der Waals surface area contributed by atoms with Crippen molar-refractivity contribution in [3.05, 3.63) is 70.1 Å². The zero-order chi connectivity index (χ0) is 19.2. The van der Waals surface area contributed by atoms with Crippen molar-refractivity contribution in [3.63, 3.8) is 0 Å². The van der Waals surface area contributed by atoms with Gasteiger partial charge in [-0.1, -0.05) is 54.1 Å². The molecule has 0 spiro atoms. The number of hydrogen-bond donors (Lipinski definition) is 1. The number of ether oxygens (including phenoxy) is 1. The Labute approximate surface area is 165 Å². The maximum Gasteiger partial charge on any atom is 0.331 e. The second-order valence-electron chi connectivity index (χ2n) is 5.34. The average molecular weight is 400 g/mol. The van der Waals surface area contributed by atoms with Crippen LogP contribution in [0.3, 0.4) is 0 Å². The van der Waals surface area contributed by atoms with Crippen LogP contribution >= 0.6 is 23.4 Å². The number of methoxy groups -OCH3 is 1. The number of carbonyl (C=O) groups excluding carboxylic acids is 2. The molecule has 0 saturated carbocycles. The fraction of sp³-hybridized carbons (Fsp3) is 0.0526. The molecule has 1 heterocycles. The van der Waals surface area contributed by atoms with Crippen LogP contribution in [0.4, 0.5) is 0 Å². The van der Waals surface area contributed by atoms with Gasteiger partial charge in [0.15, 0.2) is 5.17 Å². The summed E-state index contributed by atoms with van der Waals surface area (Å²) in [4.78, 5) is 23.1. The van der Waals surface area contributed by atoms with Crippen LogP contribution in [0, 0.1) is 0 Å². The minimum Gasteiger partial charge on any atom is -0.466 e. The third-order valence-electron chi connectivity index (χ3n) is 3.55. The van der Waals surface area contributed by atoms with Crippen molar-refractivity contribution in [3.8, 4) is 11.1 Å². The van der Waals surface area contributed by atoms with Gasteiger partial charge in [-0.2, -0.15) is 5.10 Å². The lowest BCUT2D eigenvalue weighted by molar-refractivity contribution is -0.135. The van der Waals surface area contributed by atoms with Gasteiger partial charge < -0.3 is 4.74 Å². The number of esters is 1. The Hall–Kier alpha value is -2.90. The Bertz CT molecular complexity index is 968. The fourth-order valence-electron chi connectivity index (χ4n) is 2.23. The van der Waals surface area contributed by atoms with Gasteiger partial charge in [-0.05, 0) is 29.0 Å². The Kier molecular flexibility index (Phi) is 6.05. The van der Waals surface area contributed by atoms with Crippen molar-refractivity contribution in [1.82, 2.24) is 5.32 Å². The topological polar surface area (TPSA) is 80.1 Å². The van der Waals surface area contributed by atoms with Gasteiger partial charge in [0.25, 0.3) is 5.91 Å². The van der Waals surface area contributed by atoms with Gasteiger partial charge in [0, 0.05) is 16.7 Å². The summed E-state index contributed by atoms with van der Waals surface area (Å²) >= 11 is 7.22. The van der Waals surface area contributed by atoms with E-state index in [1.54, 1.807) is 6.21 Å². The maximum atomic E-state index is 11.7. The van der Waals surface area contributed by atoms with Crippen molar-refractivity contribution in [2.45, 2.75) is 0 Å². The van der Waals surface area contributed by atoms with E-state index >= 15 is 0 Å². The second-order valence-corrected chi connectivity index (χ2v) is 6.78. The first-order valence-electron chi connectivity index (χ1n) is 7.81. The number of nitrogens with zero attached hydrogens (tertiary/aromatic N) is 2. The van der Waals surface area contributed by atoms with E-state index in [-0.39, 0.29) is 4.91 Å². The lowest BCUT2D eigenvalue weighted by Crippen LogP contribution is -2.19. The lowest BCUT2D eigenvalue weighted by Gasteiger charge is -2.04. The van der Waals surface area contributed by atoms with Crippen LogP contribution in [0.15, 0.2) is 69.7 Å². The second kappa shape index (κ2) is 8.66. The number of rotatable bonds is 4. The first kappa shape index (κ1) is 18.9. The summed E-state index contributed by atoms with van der Waals surface area (Å²) in [5.41, 5.74) is 2.80. The van der Waals surface area contributed by atoms with Crippen LogP contribution in [-0.4, -0.2) is 30.4 Å². The number of amidine groups is 1. The van der Waals surface area contributed by atoms with Gasteiger partial charge in [-0.15, -0.1) is 5.10 Å². The van der Waals surface area contributed by atoms with Crippen LogP contribution in [0.2, 0.25) is 5.02 Å². The molecule has 3 rings (SSSR count). The number of carbonyl (C=O) groups is 2. The van der Waals surface area contributed by atoms with Crippen molar-refractivity contribution in [2.75, 3.05) is 7.11 Å². The normalized spacial score (nSPS) is 16.9. The smallest absolute Gasteiger partial charge is 0.331 e. The van der Waals surface area contributed by atoms with E-state index in [4.69, 9.17) is 11.6 Å². The molecule has 1 aliphatic heterocycles. The van der Waals surface area contributed by atoms with Crippen LogP contribution in [-0.2, 0) is 14.3 Å². The Morgan fingerprint density at radius 3 is 2.63 bits per heavy atom. The molecule has 0 unspecified atom stereocenters. The molecule has 0 aliphatic carbocycles. The highest BCUT2D eigenvalue weighted by molar-refractivity contribution is 8.18. The van der Waals surface area contributed by atoms with Gasteiger partial charge in [0.05, 0.1) is 18.2 Å². The summed E-state index contributed by atoms with van der Waals surface area (Å²) in [7, 11) is 1.24. The third kappa shape index (κ3) is 4.84. The standard InChI is InChI=1S/C19H14ClN3O3S/c1-26-17(24)10-16-18(25)22-19(27-16)23-21-11-12-6-8-13(9-7-12)14-4-2-3-5-15(14)20/h2-11H,1H3,(H,22,23,25)/b16-10+,21-11?. The van der Waals surface area contributed by atoms with Crippen molar-refractivity contribution in [2.24, 2.45) is 10.2 Å². The number of thioether (sulfide) groups is 1. The highest BCUT2D eigenvalue weighted by Gasteiger charge is 2.24. The molecular formula is C19H14ClN3O3S. The van der Waals surface area contributed by atoms with E-state index in [9.17, 15) is 9.59 Å². The summed E-state index contributed by atoms with van der Waals surface area (Å²) in [6.07, 6.45) is 2.68. The van der Waals surface area contributed by atoms with Gasteiger partial charge in [0.1, 0.15) is 0 Å². The Morgan fingerprint density at radius 1 is 1.19 bits per heavy atom. The molecular weight excluding hydrogens is 386 g/mol. The highest BCUT2D eigenvalue weighted by Crippen LogP contribution is 2.27. The van der Waals surface area contributed by atoms with E-state index in [1.165, 1.54) is 7.11 Å². The predicted molar refractivity (Wildman–Crippen MR) is 108 cm³/mol. The number of benzene rings is 2. The number of hydrogen-bond acceptors (Lipinski definition) is 6. The van der Waals surface area contributed by atoms with Gasteiger partial charge >= 0.3 is 5.97 Å². The molecule has 6 nitrogen and oxygen atoms in total. The fourth-order valence-corrected chi connectivity index (χ4v) is 3.22. The molecule has 0 radical (unpaired) electrons. The van der Waals surface area contributed by atoms with Gasteiger partial charge in [0.2, 0.25) is 0 Å². The van der Waals surface area contributed by atoms with Gasteiger partial charge in [-0.25, -0.2) is 4.79 Å². The largest absolute Gasteiger partial charge is 0.466 e. The number of nitrogens with one attached hydrogen (secondary N) is 1. The summed E-state index contributed by atoms with van der Waals surface area (Å²) in [6.45, 7) is 0. The highest BCUT2D eigenvalue weighted by atomic mass is 35.5.